The van der Waals surface area contributed by atoms with E-state index >= 15 is 0 Å². The van der Waals surface area contributed by atoms with Gasteiger partial charge >= 0.3 is 0 Å². The zero-order valence-corrected chi connectivity index (χ0v) is 11.2. The van der Waals surface area contributed by atoms with Gasteiger partial charge in [0.25, 0.3) is 0 Å². The molecule has 1 saturated carbocycles. The fourth-order valence-electron chi connectivity index (χ4n) is 2.61. The summed E-state index contributed by atoms with van der Waals surface area (Å²) in [7, 11) is 0. The molecule has 100 valence electrons. The Hall–Kier alpha value is -1.23. The van der Waals surface area contributed by atoms with Crippen molar-refractivity contribution in [1.82, 2.24) is 14.8 Å². The maximum absolute atomic E-state index is 12.4. The molecule has 1 aromatic rings. The van der Waals surface area contributed by atoms with Crippen LogP contribution in [0.2, 0.25) is 0 Å². The summed E-state index contributed by atoms with van der Waals surface area (Å²) in [6.45, 7) is 4.06. The number of carbonyl (C=O) groups excluding carboxylic acids is 1. The van der Waals surface area contributed by atoms with Crippen LogP contribution in [0.1, 0.15) is 57.8 Å². The monoisotopic (exact) mass is 250 g/mol. The number of aromatic nitrogens is 3. The van der Waals surface area contributed by atoms with E-state index in [1.165, 1.54) is 12.7 Å². The number of Topliss-reactive ketones (excluding diaryl/α,β-unsaturated/α-hetero) is 1. The Morgan fingerprint density at radius 1 is 1.44 bits per heavy atom. The molecule has 0 unspecified atom stereocenters. The minimum Gasteiger partial charge on any atom is -0.319 e. The Morgan fingerprint density at radius 2 is 2.11 bits per heavy atom. The third kappa shape index (κ3) is 2.61. The Labute approximate surface area is 108 Å². The van der Waals surface area contributed by atoms with Gasteiger partial charge in [0.05, 0.1) is 12.0 Å². The van der Waals surface area contributed by atoms with Crippen LogP contribution in [0.15, 0.2) is 6.33 Å². The van der Waals surface area contributed by atoms with Gasteiger partial charge in [-0.2, -0.15) is 5.10 Å². The first kappa shape index (κ1) is 13.2. The molecule has 5 heteroatoms. The van der Waals surface area contributed by atoms with E-state index in [0.717, 1.165) is 31.5 Å². The average Bonchev–Trinajstić information content (AvgIpc) is 2.78. The van der Waals surface area contributed by atoms with Crippen LogP contribution >= 0.6 is 0 Å². The summed E-state index contributed by atoms with van der Waals surface area (Å²) in [5.74, 6) is 0.836. The lowest BCUT2D eigenvalue weighted by atomic mass is 9.78. The maximum Gasteiger partial charge on any atom is 0.160 e. The van der Waals surface area contributed by atoms with E-state index in [1.54, 1.807) is 4.68 Å². The number of nitrogens with two attached hydrogens (primary N) is 1. The Balaban J connectivity index is 2.08. The average molecular weight is 250 g/mol. The summed E-state index contributed by atoms with van der Waals surface area (Å²) < 4.78 is 1.80. The van der Waals surface area contributed by atoms with Gasteiger partial charge in [0.1, 0.15) is 12.2 Å². The first-order valence-corrected chi connectivity index (χ1v) is 6.73. The highest BCUT2D eigenvalue weighted by Crippen LogP contribution is 2.27. The maximum atomic E-state index is 12.4. The molecule has 18 heavy (non-hydrogen) atoms. The van der Waals surface area contributed by atoms with Crippen molar-refractivity contribution in [2.45, 2.75) is 64.0 Å². The molecule has 1 fully saturated rings. The predicted molar refractivity (Wildman–Crippen MR) is 69.1 cm³/mol. The van der Waals surface area contributed by atoms with E-state index in [0.29, 0.717) is 6.42 Å². The molecule has 0 bridgehead atoms. The summed E-state index contributed by atoms with van der Waals surface area (Å²) in [6, 6.07) is 0.218. The second-order valence-electron chi connectivity index (χ2n) is 5.53. The van der Waals surface area contributed by atoms with Crippen molar-refractivity contribution in [3.8, 4) is 0 Å². The largest absolute Gasteiger partial charge is 0.319 e. The summed E-state index contributed by atoms with van der Waals surface area (Å²) >= 11 is 0. The number of hydrogen-bond acceptors (Lipinski definition) is 4. The second kappa shape index (κ2) is 5.18. The summed E-state index contributed by atoms with van der Waals surface area (Å²) in [5, 5.41) is 4.15. The molecule has 5 nitrogen and oxygen atoms in total. The second-order valence-corrected chi connectivity index (χ2v) is 5.53. The highest BCUT2D eigenvalue weighted by Gasteiger charge is 2.35. The van der Waals surface area contributed by atoms with Crippen molar-refractivity contribution in [2.24, 2.45) is 5.73 Å². The molecule has 1 aliphatic carbocycles. The molecule has 0 aromatic carbocycles. The SMILES string of the molecule is CC(C)n1ncnc1CC(=O)C1(N)CCCCC1. The highest BCUT2D eigenvalue weighted by atomic mass is 16.1. The zero-order valence-electron chi connectivity index (χ0n) is 11.2. The quantitative estimate of drug-likeness (QED) is 0.881. The van der Waals surface area contributed by atoms with Crippen LogP contribution in [0.4, 0.5) is 0 Å². The number of ketones is 1. The first-order chi connectivity index (χ1) is 8.53. The molecule has 2 N–H and O–H groups in total. The normalized spacial score (nSPS) is 19.1. The Bertz CT molecular complexity index is 418. The van der Waals surface area contributed by atoms with Gasteiger partial charge in [0.2, 0.25) is 0 Å². The van der Waals surface area contributed by atoms with Crippen molar-refractivity contribution in [2.75, 3.05) is 0 Å². The van der Waals surface area contributed by atoms with Gasteiger partial charge in [-0.25, -0.2) is 9.67 Å². The number of rotatable bonds is 4. The van der Waals surface area contributed by atoms with Crippen LogP contribution in [0.25, 0.3) is 0 Å². The van der Waals surface area contributed by atoms with Crippen LogP contribution in [-0.4, -0.2) is 26.1 Å². The fraction of sp³-hybridized carbons (Fsp3) is 0.769. The number of carbonyl (C=O) groups is 1. The van der Waals surface area contributed by atoms with Crippen LogP contribution in [0.3, 0.4) is 0 Å². The van der Waals surface area contributed by atoms with E-state index in [2.05, 4.69) is 10.1 Å². The molecule has 1 aromatic heterocycles. The highest BCUT2D eigenvalue weighted by molar-refractivity contribution is 5.89. The smallest absolute Gasteiger partial charge is 0.160 e. The van der Waals surface area contributed by atoms with Crippen LogP contribution in [0, 0.1) is 0 Å². The molecule has 0 aliphatic heterocycles. The lowest BCUT2D eigenvalue weighted by Gasteiger charge is -2.31. The van der Waals surface area contributed by atoms with Gasteiger partial charge in [-0.1, -0.05) is 19.3 Å². The lowest BCUT2D eigenvalue weighted by Crippen LogP contribution is -2.50. The molecule has 1 heterocycles. The van der Waals surface area contributed by atoms with Gasteiger partial charge in [0, 0.05) is 6.04 Å². The van der Waals surface area contributed by atoms with Crippen molar-refractivity contribution in [1.29, 1.82) is 0 Å². The number of hydrogen-bond donors (Lipinski definition) is 1. The summed E-state index contributed by atoms with van der Waals surface area (Å²) in [6.07, 6.45) is 6.72. The zero-order chi connectivity index (χ0) is 13.2. The van der Waals surface area contributed by atoms with E-state index < -0.39 is 5.54 Å². The minimum absolute atomic E-state index is 0.108. The van der Waals surface area contributed by atoms with E-state index in [1.807, 2.05) is 13.8 Å². The number of nitrogens with zero attached hydrogens (tertiary/aromatic N) is 3. The Morgan fingerprint density at radius 3 is 2.72 bits per heavy atom. The molecule has 0 saturated heterocycles. The molecule has 0 atom stereocenters. The lowest BCUT2D eigenvalue weighted by molar-refractivity contribution is -0.124. The predicted octanol–water partition coefficient (Wildman–Crippen LogP) is 1.63. The molecule has 0 amide bonds. The van der Waals surface area contributed by atoms with E-state index in [-0.39, 0.29) is 11.8 Å². The molecular formula is C13H22N4O. The topological polar surface area (TPSA) is 73.8 Å². The minimum atomic E-state index is -0.633. The standard InChI is InChI=1S/C13H22N4O/c1-10(2)17-12(15-9-16-17)8-11(18)13(14)6-4-3-5-7-13/h9-10H,3-8,14H2,1-2H3. The molecule has 0 radical (unpaired) electrons. The van der Waals surface area contributed by atoms with Gasteiger partial charge < -0.3 is 5.73 Å². The van der Waals surface area contributed by atoms with E-state index in [9.17, 15) is 4.79 Å². The van der Waals surface area contributed by atoms with Crippen LogP contribution in [0.5, 0.6) is 0 Å². The first-order valence-electron chi connectivity index (χ1n) is 6.73. The molecule has 0 spiro atoms. The summed E-state index contributed by atoms with van der Waals surface area (Å²) in [4.78, 5) is 16.5. The third-order valence-corrected chi connectivity index (χ3v) is 3.76. The van der Waals surface area contributed by atoms with Gasteiger partial charge in [-0.05, 0) is 26.7 Å². The van der Waals surface area contributed by atoms with Crippen molar-refractivity contribution in [3.63, 3.8) is 0 Å². The van der Waals surface area contributed by atoms with Crippen molar-refractivity contribution in [3.05, 3.63) is 12.2 Å². The van der Waals surface area contributed by atoms with Crippen molar-refractivity contribution < 1.29 is 4.79 Å². The van der Waals surface area contributed by atoms with Gasteiger partial charge in [-0.3, -0.25) is 4.79 Å². The Kier molecular flexibility index (Phi) is 3.80. The molecule has 2 rings (SSSR count). The van der Waals surface area contributed by atoms with Gasteiger partial charge in [0.15, 0.2) is 5.78 Å². The molecular weight excluding hydrogens is 228 g/mol. The van der Waals surface area contributed by atoms with Crippen LogP contribution < -0.4 is 5.73 Å². The van der Waals surface area contributed by atoms with E-state index in [4.69, 9.17) is 5.73 Å². The van der Waals surface area contributed by atoms with Gasteiger partial charge in [-0.15, -0.1) is 0 Å². The van der Waals surface area contributed by atoms with Crippen LogP contribution in [-0.2, 0) is 11.2 Å². The van der Waals surface area contributed by atoms with Crippen molar-refractivity contribution >= 4 is 5.78 Å². The summed E-state index contributed by atoms with van der Waals surface area (Å²) in [5.41, 5.74) is 5.61. The molecule has 1 aliphatic rings. The third-order valence-electron chi connectivity index (χ3n) is 3.76. The fourth-order valence-corrected chi connectivity index (χ4v) is 2.61.